The minimum Gasteiger partial charge on any atom is -0.204 e. The smallest absolute Gasteiger partial charge is 0.194 e. The van der Waals surface area contributed by atoms with Gasteiger partial charge in [-0.2, -0.15) is 0 Å². The maximum Gasteiger partial charge on any atom is 0.194 e. The highest BCUT2D eigenvalue weighted by atomic mass is 19.2. The van der Waals surface area contributed by atoms with Crippen LogP contribution in [0.4, 0.5) is 13.2 Å². The molecule has 0 radical (unpaired) electrons. The third-order valence-electron chi connectivity index (χ3n) is 7.26. The van der Waals surface area contributed by atoms with Gasteiger partial charge in [0.1, 0.15) is 0 Å². The van der Waals surface area contributed by atoms with Gasteiger partial charge in [-0.05, 0) is 92.7 Å². The molecule has 0 N–H and O–H groups in total. The first-order valence-electron chi connectivity index (χ1n) is 11.9. The van der Waals surface area contributed by atoms with Crippen molar-refractivity contribution < 1.29 is 13.2 Å². The molecule has 2 fully saturated rings. The number of hydrogen-bond donors (Lipinski definition) is 0. The van der Waals surface area contributed by atoms with E-state index in [1.165, 1.54) is 69.9 Å². The van der Waals surface area contributed by atoms with Gasteiger partial charge in [-0.3, -0.25) is 0 Å². The summed E-state index contributed by atoms with van der Waals surface area (Å²) >= 11 is 0. The summed E-state index contributed by atoms with van der Waals surface area (Å²) in [6.07, 6.45) is 21.2. The second kappa shape index (κ2) is 11.2. The molecule has 3 heteroatoms. The highest BCUT2D eigenvalue weighted by Gasteiger charge is 2.24. The van der Waals surface area contributed by atoms with Gasteiger partial charge in [-0.25, -0.2) is 13.2 Å². The largest absolute Gasteiger partial charge is 0.204 e. The normalized spacial score (nSPS) is 28.1. The Hall–Kier alpha value is -1.25. The molecule has 1 aromatic carbocycles. The van der Waals surface area contributed by atoms with Crippen LogP contribution in [-0.2, 0) is 0 Å². The second-order valence-corrected chi connectivity index (χ2v) is 9.43. The molecule has 0 nitrogen and oxygen atoms in total. The molecule has 0 aromatic heterocycles. The zero-order valence-corrected chi connectivity index (χ0v) is 17.9. The summed E-state index contributed by atoms with van der Waals surface area (Å²) in [5.74, 6) is -1.09. The van der Waals surface area contributed by atoms with Crippen LogP contribution in [0.25, 0.3) is 0 Å². The van der Waals surface area contributed by atoms with Gasteiger partial charge >= 0.3 is 0 Å². The van der Waals surface area contributed by atoms with E-state index in [2.05, 4.69) is 19.1 Å². The van der Waals surface area contributed by atoms with Crippen LogP contribution in [-0.4, -0.2) is 0 Å². The fourth-order valence-electron chi connectivity index (χ4n) is 5.30. The Morgan fingerprint density at radius 2 is 1.31 bits per heavy atom. The number of hydrogen-bond acceptors (Lipinski definition) is 0. The van der Waals surface area contributed by atoms with Crippen LogP contribution >= 0.6 is 0 Å². The summed E-state index contributed by atoms with van der Waals surface area (Å²) in [5, 5.41) is 0. The standard InChI is InChI=1S/C26H37F3/c1-2-3-4-5-6-19-7-9-20(10-8-19)11-12-21-13-15-22(16-14-21)23-17-24(27)26(29)25(28)18-23/h11-12,17-22H,2-10,13-16H2,1H3. The molecule has 0 amide bonds. The van der Waals surface area contributed by atoms with Gasteiger partial charge < -0.3 is 0 Å². The van der Waals surface area contributed by atoms with E-state index in [0.717, 1.165) is 37.5 Å². The Labute approximate surface area is 175 Å². The zero-order chi connectivity index (χ0) is 20.6. The fourth-order valence-corrected chi connectivity index (χ4v) is 5.30. The first kappa shape index (κ1) is 22.4. The lowest BCUT2D eigenvalue weighted by Gasteiger charge is -2.29. The van der Waals surface area contributed by atoms with Crippen molar-refractivity contribution in [1.82, 2.24) is 0 Å². The van der Waals surface area contributed by atoms with Gasteiger partial charge in [-0.1, -0.05) is 51.2 Å². The Morgan fingerprint density at radius 3 is 1.86 bits per heavy atom. The maximum atomic E-state index is 13.5. The number of halogens is 3. The van der Waals surface area contributed by atoms with Crippen molar-refractivity contribution in [3.8, 4) is 0 Å². The van der Waals surface area contributed by atoms with Gasteiger partial charge in [-0.15, -0.1) is 0 Å². The molecule has 29 heavy (non-hydrogen) atoms. The SMILES string of the molecule is CCCCCCC1CCC(C=CC2CCC(c3cc(F)c(F)c(F)c3)CC2)CC1. The Balaban J connectivity index is 1.38. The van der Waals surface area contributed by atoms with Crippen molar-refractivity contribution in [2.75, 3.05) is 0 Å². The van der Waals surface area contributed by atoms with Crippen LogP contribution in [0.2, 0.25) is 0 Å². The van der Waals surface area contributed by atoms with Gasteiger partial charge in [0.2, 0.25) is 0 Å². The summed E-state index contributed by atoms with van der Waals surface area (Å²) in [7, 11) is 0. The zero-order valence-electron chi connectivity index (χ0n) is 17.9. The minimum atomic E-state index is -1.36. The molecular weight excluding hydrogens is 369 g/mol. The maximum absolute atomic E-state index is 13.5. The van der Waals surface area contributed by atoms with E-state index in [1.807, 2.05) is 0 Å². The predicted octanol–water partition coefficient (Wildman–Crippen LogP) is 8.71. The summed E-state index contributed by atoms with van der Waals surface area (Å²) < 4.78 is 40.2. The molecule has 162 valence electrons. The molecule has 2 aliphatic rings. The first-order valence-corrected chi connectivity index (χ1v) is 11.9. The quantitative estimate of drug-likeness (QED) is 0.230. The lowest BCUT2D eigenvalue weighted by atomic mass is 9.76. The summed E-state index contributed by atoms with van der Waals surface area (Å²) in [4.78, 5) is 0. The Kier molecular flexibility index (Phi) is 8.68. The van der Waals surface area contributed by atoms with E-state index in [1.54, 1.807) is 0 Å². The topological polar surface area (TPSA) is 0 Å². The van der Waals surface area contributed by atoms with Crippen molar-refractivity contribution in [1.29, 1.82) is 0 Å². The number of benzene rings is 1. The van der Waals surface area contributed by atoms with Crippen LogP contribution in [0, 0.1) is 35.2 Å². The fraction of sp³-hybridized carbons (Fsp3) is 0.692. The van der Waals surface area contributed by atoms with Crippen molar-refractivity contribution in [3.63, 3.8) is 0 Å². The predicted molar refractivity (Wildman–Crippen MR) is 114 cm³/mol. The third kappa shape index (κ3) is 6.62. The summed E-state index contributed by atoms with van der Waals surface area (Å²) in [6.45, 7) is 2.27. The highest BCUT2D eigenvalue weighted by Crippen LogP contribution is 2.38. The molecule has 0 heterocycles. The monoisotopic (exact) mass is 406 g/mol. The Morgan fingerprint density at radius 1 is 0.759 bits per heavy atom. The van der Waals surface area contributed by atoms with Gasteiger partial charge in [0, 0.05) is 0 Å². The van der Waals surface area contributed by atoms with Crippen molar-refractivity contribution in [2.45, 2.75) is 96.3 Å². The molecule has 0 spiro atoms. The molecule has 2 aliphatic carbocycles. The van der Waals surface area contributed by atoms with Crippen LogP contribution in [0.3, 0.4) is 0 Å². The van der Waals surface area contributed by atoms with Gasteiger partial charge in [0.15, 0.2) is 17.5 Å². The van der Waals surface area contributed by atoms with Crippen LogP contribution in [0.15, 0.2) is 24.3 Å². The summed E-state index contributed by atoms with van der Waals surface area (Å²) in [6, 6.07) is 2.36. The Bertz CT molecular complexity index is 627. The number of rotatable bonds is 8. The van der Waals surface area contributed by atoms with Crippen LogP contribution < -0.4 is 0 Å². The van der Waals surface area contributed by atoms with Crippen molar-refractivity contribution in [3.05, 3.63) is 47.3 Å². The van der Waals surface area contributed by atoms with E-state index in [9.17, 15) is 13.2 Å². The molecule has 0 atom stereocenters. The van der Waals surface area contributed by atoms with E-state index in [-0.39, 0.29) is 5.92 Å². The van der Waals surface area contributed by atoms with Crippen LogP contribution in [0.1, 0.15) is 102 Å². The van der Waals surface area contributed by atoms with Gasteiger partial charge in [0.25, 0.3) is 0 Å². The number of unbranched alkanes of at least 4 members (excludes halogenated alkanes) is 3. The molecule has 0 aliphatic heterocycles. The van der Waals surface area contributed by atoms with E-state index < -0.39 is 17.5 Å². The second-order valence-electron chi connectivity index (χ2n) is 9.43. The molecule has 2 saturated carbocycles. The minimum absolute atomic E-state index is 0.146. The first-order chi connectivity index (χ1) is 14.1. The van der Waals surface area contributed by atoms with Crippen molar-refractivity contribution >= 4 is 0 Å². The van der Waals surface area contributed by atoms with Crippen LogP contribution in [0.5, 0.6) is 0 Å². The number of allylic oxidation sites excluding steroid dienone is 2. The van der Waals surface area contributed by atoms with Crippen molar-refractivity contribution in [2.24, 2.45) is 17.8 Å². The van der Waals surface area contributed by atoms with E-state index >= 15 is 0 Å². The third-order valence-corrected chi connectivity index (χ3v) is 7.26. The average molecular weight is 407 g/mol. The average Bonchev–Trinajstić information content (AvgIpc) is 2.74. The van der Waals surface area contributed by atoms with E-state index in [4.69, 9.17) is 0 Å². The summed E-state index contributed by atoms with van der Waals surface area (Å²) in [5.41, 5.74) is 0.612. The van der Waals surface area contributed by atoms with E-state index in [0.29, 0.717) is 11.5 Å². The molecule has 1 aromatic rings. The highest BCUT2D eigenvalue weighted by molar-refractivity contribution is 5.23. The van der Waals surface area contributed by atoms with Gasteiger partial charge in [0.05, 0.1) is 0 Å². The molecule has 0 saturated heterocycles. The molecule has 3 rings (SSSR count). The molecular formula is C26H37F3. The molecule has 0 bridgehead atoms. The lowest BCUT2D eigenvalue weighted by Crippen LogP contribution is -2.15. The molecule has 0 unspecified atom stereocenters. The lowest BCUT2D eigenvalue weighted by molar-refractivity contribution is 0.287.